The van der Waals surface area contributed by atoms with Crippen molar-refractivity contribution in [3.8, 4) is 5.75 Å². The largest absolute Gasteiger partial charge is 0.497 e. The summed E-state index contributed by atoms with van der Waals surface area (Å²) in [6, 6.07) is 16.2. The molecule has 0 aromatic heterocycles. The number of hydrogen-bond donors (Lipinski definition) is 1. The van der Waals surface area contributed by atoms with Crippen molar-refractivity contribution >= 4 is 17.7 Å². The Morgan fingerprint density at radius 3 is 2.19 bits per heavy atom. The van der Waals surface area contributed by atoms with Crippen LogP contribution in [0.5, 0.6) is 5.75 Å². The summed E-state index contributed by atoms with van der Waals surface area (Å²) >= 11 is 1.59. The number of amides is 1. The lowest BCUT2D eigenvalue weighted by atomic mass is 9.96. The van der Waals surface area contributed by atoms with Crippen molar-refractivity contribution in [3.05, 3.63) is 59.7 Å². The quantitative estimate of drug-likeness (QED) is 0.633. The average molecular weight is 372 g/mol. The zero-order chi connectivity index (χ0) is 19.1. The third kappa shape index (κ3) is 6.10. The van der Waals surface area contributed by atoms with E-state index in [2.05, 4.69) is 50.4 Å². The van der Waals surface area contributed by atoms with E-state index in [0.717, 1.165) is 22.6 Å². The van der Waals surface area contributed by atoms with Crippen LogP contribution in [0.2, 0.25) is 0 Å². The lowest BCUT2D eigenvalue weighted by Crippen LogP contribution is -2.35. The molecule has 1 amide bonds. The van der Waals surface area contributed by atoms with E-state index in [-0.39, 0.29) is 17.2 Å². The molecule has 0 saturated carbocycles. The highest BCUT2D eigenvalue weighted by molar-refractivity contribution is 8.00. The number of ether oxygens (including phenoxy) is 1. The summed E-state index contributed by atoms with van der Waals surface area (Å²) in [5, 5.41) is 3.09. The number of methoxy groups -OCH3 is 1. The van der Waals surface area contributed by atoms with Gasteiger partial charge in [0.25, 0.3) is 0 Å². The van der Waals surface area contributed by atoms with Crippen LogP contribution in [0.25, 0.3) is 0 Å². The molecule has 0 unspecified atom stereocenters. The minimum Gasteiger partial charge on any atom is -0.497 e. The number of aryl methyl sites for hydroxylation is 1. The molecule has 0 saturated heterocycles. The van der Waals surface area contributed by atoms with Crippen molar-refractivity contribution in [2.45, 2.75) is 50.3 Å². The number of thioether (sulfide) groups is 1. The van der Waals surface area contributed by atoms with Crippen LogP contribution in [0, 0.1) is 12.8 Å². The van der Waals surface area contributed by atoms with E-state index in [1.807, 2.05) is 31.2 Å². The third-order valence-corrected chi connectivity index (χ3v) is 5.36. The molecule has 0 bridgehead atoms. The topological polar surface area (TPSA) is 38.3 Å². The lowest BCUT2D eigenvalue weighted by Gasteiger charge is -2.23. The molecule has 1 N–H and O–H groups in total. The molecule has 0 radical (unpaired) electrons. The number of hydrogen-bond acceptors (Lipinski definition) is 3. The summed E-state index contributed by atoms with van der Waals surface area (Å²) in [6.07, 6.45) is 0.903. The van der Waals surface area contributed by atoms with Crippen molar-refractivity contribution < 1.29 is 9.53 Å². The molecule has 26 heavy (non-hydrogen) atoms. The predicted molar refractivity (Wildman–Crippen MR) is 110 cm³/mol. The van der Waals surface area contributed by atoms with E-state index >= 15 is 0 Å². The highest BCUT2D eigenvalue weighted by Crippen LogP contribution is 2.27. The SMILES string of the molecule is COc1ccc([C@H](CC(C)C)NC(=O)[C@@H](C)Sc2ccc(C)cc2)cc1. The first-order valence-corrected chi connectivity index (χ1v) is 9.94. The summed E-state index contributed by atoms with van der Waals surface area (Å²) in [5.41, 5.74) is 2.34. The summed E-state index contributed by atoms with van der Waals surface area (Å²) in [6.45, 7) is 8.37. The molecule has 140 valence electrons. The monoisotopic (exact) mass is 371 g/mol. The Bertz CT molecular complexity index is 695. The molecule has 4 heteroatoms. The Hall–Kier alpha value is -1.94. The molecule has 3 nitrogen and oxygen atoms in total. The fraction of sp³-hybridized carbons (Fsp3) is 0.409. The van der Waals surface area contributed by atoms with E-state index in [9.17, 15) is 4.79 Å². The van der Waals surface area contributed by atoms with Crippen molar-refractivity contribution in [2.24, 2.45) is 5.92 Å². The van der Waals surface area contributed by atoms with E-state index in [1.54, 1.807) is 18.9 Å². The van der Waals surface area contributed by atoms with Gasteiger partial charge in [0.05, 0.1) is 18.4 Å². The lowest BCUT2D eigenvalue weighted by molar-refractivity contribution is -0.121. The van der Waals surface area contributed by atoms with Gasteiger partial charge >= 0.3 is 0 Å². The zero-order valence-corrected chi connectivity index (χ0v) is 17.1. The van der Waals surface area contributed by atoms with Gasteiger partial charge in [-0.15, -0.1) is 11.8 Å². The van der Waals surface area contributed by atoms with Gasteiger partial charge in [-0.05, 0) is 56.0 Å². The number of nitrogens with one attached hydrogen (secondary N) is 1. The smallest absolute Gasteiger partial charge is 0.233 e. The normalized spacial score (nSPS) is 13.3. The number of carbonyl (C=O) groups excluding carboxylic acids is 1. The van der Waals surface area contributed by atoms with Gasteiger partial charge < -0.3 is 10.1 Å². The van der Waals surface area contributed by atoms with Crippen LogP contribution in [0.1, 0.15) is 44.4 Å². The highest BCUT2D eigenvalue weighted by atomic mass is 32.2. The van der Waals surface area contributed by atoms with Crippen molar-refractivity contribution in [3.63, 3.8) is 0 Å². The molecular weight excluding hydrogens is 342 g/mol. The highest BCUT2D eigenvalue weighted by Gasteiger charge is 2.21. The van der Waals surface area contributed by atoms with Gasteiger partial charge in [-0.25, -0.2) is 0 Å². The minimum absolute atomic E-state index is 0.00877. The van der Waals surface area contributed by atoms with Gasteiger partial charge in [-0.3, -0.25) is 4.79 Å². The second-order valence-corrected chi connectivity index (χ2v) is 8.45. The first-order valence-electron chi connectivity index (χ1n) is 9.06. The standard InChI is InChI=1S/C22H29NO2S/c1-15(2)14-21(18-8-10-19(25-5)11-9-18)23-22(24)17(4)26-20-12-6-16(3)7-13-20/h6-13,15,17,21H,14H2,1-5H3,(H,23,24)/t17-,21+/m1/s1. The van der Waals surface area contributed by atoms with Gasteiger partial charge in [0.15, 0.2) is 0 Å². The fourth-order valence-corrected chi connectivity index (χ4v) is 3.63. The number of carbonyl (C=O) groups is 1. The second-order valence-electron chi connectivity index (χ2n) is 7.04. The van der Waals surface area contributed by atoms with Crippen molar-refractivity contribution in [1.29, 1.82) is 0 Å². The fourth-order valence-electron chi connectivity index (χ4n) is 2.75. The minimum atomic E-state index is -0.148. The van der Waals surface area contributed by atoms with Crippen molar-refractivity contribution in [2.75, 3.05) is 7.11 Å². The molecule has 2 aromatic rings. The maximum absolute atomic E-state index is 12.7. The van der Waals surface area contributed by atoms with Crippen LogP contribution >= 0.6 is 11.8 Å². The maximum Gasteiger partial charge on any atom is 0.233 e. The van der Waals surface area contributed by atoms with Crippen LogP contribution in [-0.2, 0) is 4.79 Å². The van der Waals surface area contributed by atoms with Crippen LogP contribution in [0.3, 0.4) is 0 Å². The van der Waals surface area contributed by atoms with Crippen LogP contribution < -0.4 is 10.1 Å². The predicted octanol–water partition coefficient (Wildman–Crippen LogP) is 5.39. The van der Waals surface area contributed by atoms with Gasteiger partial charge in [-0.2, -0.15) is 0 Å². The summed E-state index contributed by atoms with van der Waals surface area (Å²) in [5.74, 6) is 1.38. The van der Waals surface area contributed by atoms with Gasteiger partial charge in [0.2, 0.25) is 5.91 Å². The molecule has 0 aliphatic heterocycles. The molecular formula is C22H29NO2S. The van der Waals surface area contributed by atoms with Crippen LogP contribution in [-0.4, -0.2) is 18.3 Å². The Labute approximate surface area is 161 Å². The third-order valence-electron chi connectivity index (χ3n) is 4.24. The molecule has 2 atom stereocenters. The number of benzene rings is 2. The Balaban J connectivity index is 2.05. The first kappa shape index (κ1) is 20.4. The zero-order valence-electron chi connectivity index (χ0n) is 16.3. The maximum atomic E-state index is 12.7. The molecule has 0 fully saturated rings. The molecule has 2 rings (SSSR count). The van der Waals surface area contributed by atoms with E-state index in [0.29, 0.717) is 5.92 Å². The molecule has 0 aliphatic carbocycles. The number of rotatable bonds is 8. The van der Waals surface area contributed by atoms with Crippen LogP contribution in [0.4, 0.5) is 0 Å². The summed E-state index contributed by atoms with van der Waals surface area (Å²) in [7, 11) is 1.66. The molecule has 0 aliphatic rings. The van der Waals surface area contributed by atoms with Crippen molar-refractivity contribution in [1.82, 2.24) is 5.32 Å². The van der Waals surface area contributed by atoms with Gasteiger partial charge in [0.1, 0.15) is 5.75 Å². The first-order chi connectivity index (χ1) is 12.4. The van der Waals surface area contributed by atoms with Gasteiger partial charge in [0, 0.05) is 4.90 Å². The van der Waals surface area contributed by atoms with Gasteiger partial charge in [-0.1, -0.05) is 43.7 Å². The molecule has 0 heterocycles. The summed E-state index contributed by atoms with van der Waals surface area (Å²) < 4.78 is 5.23. The molecule has 0 spiro atoms. The average Bonchev–Trinajstić information content (AvgIpc) is 2.62. The Morgan fingerprint density at radius 2 is 1.65 bits per heavy atom. The second kappa shape index (κ2) is 9.67. The van der Waals surface area contributed by atoms with E-state index in [4.69, 9.17) is 4.74 Å². The molecule has 2 aromatic carbocycles. The summed E-state index contributed by atoms with van der Waals surface area (Å²) in [4.78, 5) is 13.9. The van der Waals surface area contributed by atoms with E-state index in [1.165, 1.54) is 5.56 Å². The van der Waals surface area contributed by atoms with Crippen LogP contribution in [0.15, 0.2) is 53.4 Å². The van der Waals surface area contributed by atoms with E-state index < -0.39 is 0 Å². The Morgan fingerprint density at radius 1 is 1.04 bits per heavy atom. The Kier molecular flexibility index (Phi) is 7.58.